The van der Waals surface area contributed by atoms with Crippen molar-refractivity contribution in [3.8, 4) is 0 Å². The fraction of sp³-hybridized carbons (Fsp3) is 0.450. The van der Waals surface area contributed by atoms with E-state index in [1.165, 1.54) is 6.92 Å². The number of carbonyl (C=O) groups is 5. The van der Waals surface area contributed by atoms with Crippen molar-refractivity contribution in [1.29, 1.82) is 0 Å². The molecule has 29 heavy (non-hydrogen) atoms. The maximum Gasteiger partial charge on any atom is 0.306 e. The number of ether oxygens (including phenoxy) is 1. The molecule has 0 spiro atoms. The second kappa shape index (κ2) is 8.85. The van der Waals surface area contributed by atoms with E-state index in [0.29, 0.717) is 37.3 Å². The predicted octanol–water partition coefficient (Wildman–Crippen LogP) is 0.297. The molecule has 1 fully saturated rings. The fourth-order valence-corrected chi connectivity index (χ4v) is 3.40. The molecular formula is C20H23N3O6. The van der Waals surface area contributed by atoms with Crippen LogP contribution in [-0.4, -0.2) is 83.6 Å². The van der Waals surface area contributed by atoms with Gasteiger partial charge in [-0.05, 0) is 18.6 Å². The van der Waals surface area contributed by atoms with Gasteiger partial charge in [-0.25, -0.2) is 0 Å². The summed E-state index contributed by atoms with van der Waals surface area (Å²) in [7, 11) is 0. The summed E-state index contributed by atoms with van der Waals surface area (Å²) in [6.45, 7) is 3.01. The molecule has 154 valence electrons. The minimum absolute atomic E-state index is 0.00119. The Morgan fingerprint density at radius 3 is 2.03 bits per heavy atom. The molecule has 0 aromatic heterocycles. The number of imide groups is 1. The fourth-order valence-electron chi connectivity index (χ4n) is 3.40. The summed E-state index contributed by atoms with van der Waals surface area (Å²) in [6.07, 6.45) is 0.259. The SMILES string of the molecule is CC(=O)N1CCN(C(=O)COC(=O)CCCN2C(=O)c3ccccc3C2=O)CC1. The first-order valence-electron chi connectivity index (χ1n) is 9.52. The number of piperazine rings is 1. The van der Waals surface area contributed by atoms with E-state index in [2.05, 4.69) is 0 Å². The van der Waals surface area contributed by atoms with Gasteiger partial charge in [0.05, 0.1) is 11.1 Å². The van der Waals surface area contributed by atoms with Crippen molar-refractivity contribution in [3.63, 3.8) is 0 Å². The van der Waals surface area contributed by atoms with E-state index in [0.717, 1.165) is 4.90 Å². The van der Waals surface area contributed by atoms with Gasteiger partial charge in [0.15, 0.2) is 6.61 Å². The van der Waals surface area contributed by atoms with Gasteiger partial charge in [0.2, 0.25) is 5.91 Å². The molecule has 2 aliphatic heterocycles. The number of fused-ring (bicyclic) bond motifs is 1. The van der Waals surface area contributed by atoms with Crippen LogP contribution in [0.2, 0.25) is 0 Å². The number of amides is 4. The number of benzene rings is 1. The molecule has 0 aliphatic carbocycles. The predicted molar refractivity (Wildman–Crippen MR) is 101 cm³/mol. The van der Waals surface area contributed by atoms with Gasteiger partial charge in [0.25, 0.3) is 17.7 Å². The number of carbonyl (C=O) groups excluding carboxylic acids is 5. The Morgan fingerprint density at radius 2 is 1.48 bits per heavy atom. The molecule has 3 rings (SSSR count). The Labute approximate surface area is 168 Å². The van der Waals surface area contributed by atoms with Crippen molar-refractivity contribution >= 4 is 29.6 Å². The van der Waals surface area contributed by atoms with Crippen LogP contribution in [0.25, 0.3) is 0 Å². The highest BCUT2D eigenvalue weighted by molar-refractivity contribution is 6.21. The highest BCUT2D eigenvalue weighted by Gasteiger charge is 2.34. The van der Waals surface area contributed by atoms with Gasteiger partial charge in [-0.1, -0.05) is 12.1 Å². The van der Waals surface area contributed by atoms with Crippen molar-refractivity contribution in [2.75, 3.05) is 39.3 Å². The second-order valence-electron chi connectivity index (χ2n) is 6.96. The van der Waals surface area contributed by atoms with E-state index in [4.69, 9.17) is 4.74 Å². The van der Waals surface area contributed by atoms with Crippen molar-refractivity contribution in [2.45, 2.75) is 19.8 Å². The Bertz CT molecular complexity index is 809. The molecule has 2 heterocycles. The van der Waals surface area contributed by atoms with E-state index in [9.17, 15) is 24.0 Å². The molecule has 9 nitrogen and oxygen atoms in total. The molecule has 0 saturated carbocycles. The summed E-state index contributed by atoms with van der Waals surface area (Å²) in [5.41, 5.74) is 0.742. The average Bonchev–Trinajstić information content (AvgIpc) is 2.97. The molecule has 1 aromatic rings. The first kappa shape index (κ1) is 20.5. The van der Waals surface area contributed by atoms with Crippen LogP contribution in [-0.2, 0) is 19.1 Å². The zero-order valence-electron chi connectivity index (χ0n) is 16.3. The zero-order chi connectivity index (χ0) is 21.0. The highest BCUT2D eigenvalue weighted by atomic mass is 16.5. The summed E-state index contributed by atoms with van der Waals surface area (Å²) in [6, 6.07) is 6.60. The Morgan fingerprint density at radius 1 is 0.931 bits per heavy atom. The lowest BCUT2D eigenvalue weighted by molar-refractivity contribution is -0.153. The van der Waals surface area contributed by atoms with Crippen LogP contribution in [0.3, 0.4) is 0 Å². The largest absolute Gasteiger partial charge is 0.456 e. The first-order valence-corrected chi connectivity index (χ1v) is 9.52. The molecule has 0 unspecified atom stereocenters. The van der Waals surface area contributed by atoms with Crippen LogP contribution in [0.5, 0.6) is 0 Å². The van der Waals surface area contributed by atoms with Gasteiger partial charge in [0.1, 0.15) is 0 Å². The Hall–Kier alpha value is -3.23. The van der Waals surface area contributed by atoms with Crippen LogP contribution in [0.4, 0.5) is 0 Å². The van der Waals surface area contributed by atoms with E-state index < -0.39 is 5.97 Å². The summed E-state index contributed by atoms with van der Waals surface area (Å²) >= 11 is 0. The minimum Gasteiger partial charge on any atom is -0.456 e. The molecule has 1 aromatic carbocycles. The van der Waals surface area contributed by atoms with Gasteiger partial charge in [-0.3, -0.25) is 28.9 Å². The number of nitrogens with zero attached hydrogens (tertiary/aromatic N) is 3. The minimum atomic E-state index is -0.558. The normalized spacial score (nSPS) is 16.1. The quantitative estimate of drug-likeness (QED) is 0.502. The third-order valence-corrected chi connectivity index (χ3v) is 5.08. The van der Waals surface area contributed by atoms with Crippen LogP contribution in [0.1, 0.15) is 40.5 Å². The van der Waals surface area contributed by atoms with Crippen LogP contribution >= 0.6 is 0 Å². The molecule has 0 bridgehead atoms. The monoisotopic (exact) mass is 401 g/mol. The summed E-state index contributed by atoms with van der Waals surface area (Å²) in [5, 5.41) is 0. The highest BCUT2D eigenvalue weighted by Crippen LogP contribution is 2.22. The average molecular weight is 401 g/mol. The summed E-state index contributed by atoms with van der Waals surface area (Å²) < 4.78 is 5.01. The lowest BCUT2D eigenvalue weighted by atomic mass is 10.1. The maximum atomic E-state index is 12.3. The molecule has 0 atom stereocenters. The van der Waals surface area contributed by atoms with E-state index >= 15 is 0 Å². The molecule has 0 radical (unpaired) electrons. The number of hydrogen-bond acceptors (Lipinski definition) is 6. The summed E-state index contributed by atoms with van der Waals surface area (Å²) in [4.78, 5) is 64.2. The van der Waals surface area contributed by atoms with Crippen LogP contribution in [0.15, 0.2) is 24.3 Å². The molecule has 1 saturated heterocycles. The van der Waals surface area contributed by atoms with E-state index in [-0.39, 0.29) is 49.6 Å². The third-order valence-electron chi connectivity index (χ3n) is 5.08. The standard InChI is InChI=1S/C20H23N3O6/c1-14(24)21-9-11-22(12-10-21)17(25)13-29-18(26)7-4-8-23-19(27)15-5-2-3-6-16(15)20(23)28/h2-3,5-6H,4,7-13H2,1H3. The van der Waals surface area contributed by atoms with E-state index in [1.807, 2.05) is 0 Å². The van der Waals surface area contributed by atoms with Gasteiger partial charge in [-0.15, -0.1) is 0 Å². The van der Waals surface area contributed by atoms with Crippen LogP contribution < -0.4 is 0 Å². The first-order chi connectivity index (χ1) is 13.9. The van der Waals surface area contributed by atoms with Crippen molar-refractivity contribution in [3.05, 3.63) is 35.4 Å². The molecule has 0 N–H and O–H groups in total. The Kier molecular flexibility index (Phi) is 6.26. The van der Waals surface area contributed by atoms with Crippen molar-refractivity contribution in [1.82, 2.24) is 14.7 Å². The second-order valence-corrected chi connectivity index (χ2v) is 6.96. The van der Waals surface area contributed by atoms with Gasteiger partial charge >= 0.3 is 5.97 Å². The van der Waals surface area contributed by atoms with E-state index in [1.54, 1.807) is 34.1 Å². The number of hydrogen-bond donors (Lipinski definition) is 0. The van der Waals surface area contributed by atoms with Gasteiger partial charge < -0.3 is 14.5 Å². The number of esters is 1. The number of rotatable bonds is 6. The van der Waals surface area contributed by atoms with Gasteiger partial charge in [-0.2, -0.15) is 0 Å². The smallest absolute Gasteiger partial charge is 0.306 e. The van der Waals surface area contributed by atoms with Crippen LogP contribution in [0, 0.1) is 0 Å². The zero-order valence-corrected chi connectivity index (χ0v) is 16.3. The third kappa shape index (κ3) is 4.61. The molecular weight excluding hydrogens is 378 g/mol. The van der Waals surface area contributed by atoms with Gasteiger partial charge in [0, 0.05) is 46.1 Å². The molecule has 4 amide bonds. The molecule has 2 aliphatic rings. The Balaban J connectivity index is 1.37. The molecule has 9 heteroatoms. The topological polar surface area (TPSA) is 104 Å². The maximum absolute atomic E-state index is 12.3. The lowest BCUT2D eigenvalue weighted by Gasteiger charge is -2.34. The van der Waals surface area contributed by atoms with Crippen molar-refractivity contribution in [2.24, 2.45) is 0 Å². The summed E-state index contributed by atoms with van der Waals surface area (Å²) in [5.74, 6) is -1.61. The van der Waals surface area contributed by atoms with Crippen molar-refractivity contribution < 1.29 is 28.7 Å². The lowest BCUT2D eigenvalue weighted by Crippen LogP contribution is -2.51.